The molecule has 0 aliphatic heterocycles. The maximum absolute atomic E-state index is 10.7. The normalized spacial score (nSPS) is 9.33. The quantitative estimate of drug-likeness (QED) is 0.589. The Hall–Kier alpha value is -1.10. The number of hydrogen-bond acceptors (Lipinski definition) is 2. The van der Waals surface area contributed by atoms with Crippen LogP contribution in [0.5, 0.6) is 0 Å². The lowest BCUT2D eigenvalue weighted by Crippen LogP contribution is -2.52. The number of hydrogen-bond donors (Lipinski definition) is 2. The molecule has 0 unspecified atom stereocenters. The van der Waals surface area contributed by atoms with Crippen molar-refractivity contribution in [1.29, 1.82) is 0 Å². The van der Waals surface area contributed by atoms with Gasteiger partial charge in [0, 0.05) is 13.8 Å². The average Bonchev–Trinajstić information content (AvgIpc) is 1.83. The van der Waals surface area contributed by atoms with E-state index in [0.717, 1.165) is 5.20 Å². The van der Waals surface area contributed by atoms with Gasteiger partial charge in [0.15, 0.2) is 0 Å². The van der Waals surface area contributed by atoms with Gasteiger partial charge in [-0.1, -0.05) is 5.20 Å². The lowest BCUT2D eigenvalue weighted by molar-refractivity contribution is -0.117. The number of carbonyl (C=O) groups excluding carboxylic acids is 2. The van der Waals surface area contributed by atoms with Crippen LogP contribution < -0.4 is 9.96 Å². The minimum atomic E-state index is -1.82. The summed E-state index contributed by atoms with van der Waals surface area (Å²) < 4.78 is 0. The molecule has 0 aliphatic carbocycles. The third kappa shape index (κ3) is 4.67. The largest absolute Gasteiger partial charge is 0.364 e. The van der Waals surface area contributed by atoms with E-state index >= 15 is 0 Å². The summed E-state index contributed by atoms with van der Waals surface area (Å²) in [4.78, 5) is 26.7. The van der Waals surface area contributed by atoms with E-state index in [-0.39, 0.29) is 11.8 Å². The lowest BCUT2D eigenvalue weighted by Gasteiger charge is -2.15. The van der Waals surface area contributed by atoms with E-state index in [1.54, 1.807) is 6.92 Å². The van der Waals surface area contributed by atoms with E-state index in [2.05, 4.69) is 16.5 Å². The standard InChI is InChI=1S/C7H14N2O2Si/c1-5(2)12(8-6(3)10)9-7(4)11/h12H,1H2,2-4H3,(H,8,10)(H,9,11). The van der Waals surface area contributed by atoms with E-state index < -0.39 is 9.12 Å². The van der Waals surface area contributed by atoms with E-state index in [1.165, 1.54) is 13.8 Å². The second-order valence-corrected chi connectivity index (χ2v) is 5.11. The number of amides is 2. The number of allylic oxidation sites excluding steroid dienone is 1. The van der Waals surface area contributed by atoms with Crippen molar-refractivity contribution in [1.82, 2.24) is 9.96 Å². The molecule has 4 nitrogen and oxygen atoms in total. The SMILES string of the molecule is C=C(C)[SiH](NC(C)=O)NC(C)=O. The van der Waals surface area contributed by atoms with Crippen molar-refractivity contribution in [2.75, 3.05) is 0 Å². The summed E-state index contributed by atoms with van der Waals surface area (Å²) in [5.74, 6) is -0.271. The first kappa shape index (κ1) is 10.9. The van der Waals surface area contributed by atoms with Gasteiger partial charge in [0.25, 0.3) is 9.12 Å². The maximum atomic E-state index is 10.7. The number of carbonyl (C=O) groups is 2. The fourth-order valence-corrected chi connectivity index (χ4v) is 2.07. The third-order valence-electron chi connectivity index (χ3n) is 1.19. The lowest BCUT2D eigenvalue weighted by atomic mass is 10.8. The van der Waals surface area contributed by atoms with Gasteiger partial charge in [0.1, 0.15) is 0 Å². The van der Waals surface area contributed by atoms with Crippen LogP contribution in [0.15, 0.2) is 11.8 Å². The molecule has 2 amide bonds. The molecule has 0 saturated carbocycles. The predicted octanol–water partition coefficient (Wildman–Crippen LogP) is -0.406. The summed E-state index contributed by atoms with van der Waals surface area (Å²) >= 11 is 0. The van der Waals surface area contributed by atoms with Crippen LogP contribution >= 0.6 is 0 Å². The highest BCUT2D eigenvalue weighted by Crippen LogP contribution is 1.88. The van der Waals surface area contributed by atoms with Crippen molar-refractivity contribution in [2.24, 2.45) is 0 Å². The van der Waals surface area contributed by atoms with E-state index in [1.807, 2.05) is 0 Å². The minimum Gasteiger partial charge on any atom is -0.364 e. The Bertz CT molecular complexity index is 199. The number of rotatable bonds is 3. The molecule has 12 heavy (non-hydrogen) atoms. The Morgan fingerprint density at radius 3 is 1.58 bits per heavy atom. The zero-order valence-electron chi connectivity index (χ0n) is 7.60. The van der Waals surface area contributed by atoms with Crippen LogP contribution in [0.25, 0.3) is 0 Å². The van der Waals surface area contributed by atoms with E-state index in [9.17, 15) is 9.59 Å². The Morgan fingerprint density at radius 2 is 1.42 bits per heavy atom. The molecule has 0 saturated heterocycles. The summed E-state index contributed by atoms with van der Waals surface area (Å²) in [5.41, 5.74) is 0. The Morgan fingerprint density at radius 1 is 1.08 bits per heavy atom. The molecule has 0 spiro atoms. The molecule has 68 valence electrons. The van der Waals surface area contributed by atoms with Crippen LogP contribution in [0, 0.1) is 0 Å². The molecular formula is C7H14N2O2Si. The molecular weight excluding hydrogens is 172 g/mol. The zero-order valence-corrected chi connectivity index (χ0v) is 8.76. The topological polar surface area (TPSA) is 58.2 Å². The van der Waals surface area contributed by atoms with Crippen LogP contribution in [0.2, 0.25) is 0 Å². The van der Waals surface area contributed by atoms with Gasteiger partial charge < -0.3 is 9.96 Å². The first-order valence-electron chi connectivity index (χ1n) is 3.63. The van der Waals surface area contributed by atoms with Crippen molar-refractivity contribution in [3.05, 3.63) is 11.8 Å². The highest BCUT2D eigenvalue weighted by atomic mass is 28.3. The average molecular weight is 186 g/mol. The molecule has 0 aliphatic rings. The van der Waals surface area contributed by atoms with Gasteiger partial charge in [-0.3, -0.25) is 9.59 Å². The van der Waals surface area contributed by atoms with Crippen LogP contribution in [0.1, 0.15) is 20.8 Å². The Kier molecular flexibility index (Phi) is 4.28. The molecule has 0 rings (SSSR count). The fourth-order valence-electron chi connectivity index (χ4n) is 0.689. The zero-order chi connectivity index (χ0) is 9.72. The van der Waals surface area contributed by atoms with Gasteiger partial charge in [0.05, 0.1) is 0 Å². The monoisotopic (exact) mass is 186 g/mol. The second-order valence-electron chi connectivity index (χ2n) is 2.68. The van der Waals surface area contributed by atoms with Crippen LogP contribution in [0.4, 0.5) is 0 Å². The van der Waals surface area contributed by atoms with Crippen molar-refractivity contribution in [3.8, 4) is 0 Å². The first-order valence-corrected chi connectivity index (χ1v) is 5.36. The second kappa shape index (κ2) is 4.71. The highest BCUT2D eigenvalue weighted by Gasteiger charge is 2.13. The van der Waals surface area contributed by atoms with Crippen molar-refractivity contribution in [3.63, 3.8) is 0 Å². The molecule has 0 bridgehead atoms. The third-order valence-corrected chi connectivity index (χ3v) is 3.56. The van der Waals surface area contributed by atoms with Crippen molar-refractivity contribution in [2.45, 2.75) is 20.8 Å². The van der Waals surface area contributed by atoms with Gasteiger partial charge in [-0.05, 0) is 6.92 Å². The molecule has 0 fully saturated rings. The van der Waals surface area contributed by atoms with Crippen LogP contribution in [0.3, 0.4) is 0 Å². The Balaban J connectivity index is 4.14. The summed E-state index contributed by atoms with van der Waals surface area (Å²) in [6.45, 7) is 8.33. The molecule has 0 aromatic carbocycles. The summed E-state index contributed by atoms with van der Waals surface area (Å²) in [7, 11) is -1.82. The van der Waals surface area contributed by atoms with Crippen LogP contribution in [-0.4, -0.2) is 20.9 Å². The van der Waals surface area contributed by atoms with Gasteiger partial charge >= 0.3 is 0 Å². The van der Waals surface area contributed by atoms with Crippen molar-refractivity contribution >= 4 is 20.9 Å². The molecule has 5 heteroatoms. The Labute approximate surface area is 73.8 Å². The van der Waals surface area contributed by atoms with Gasteiger partial charge in [-0.2, -0.15) is 0 Å². The van der Waals surface area contributed by atoms with Gasteiger partial charge in [0.2, 0.25) is 11.8 Å². The highest BCUT2D eigenvalue weighted by molar-refractivity contribution is 6.66. The summed E-state index contributed by atoms with van der Waals surface area (Å²) in [5, 5.41) is 0.834. The first-order chi connectivity index (χ1) is 5.43. The maximum Gasteiger partial charge on any atom is 0.275 e. The molecule has 0 aromatic rings. The molecule has 0 radical (unpaired) electrons. The van der Waals surface area contributed by atoms with E-state index in [0.29, 0.717) is 0 Å². The van der Waals surface area contributed by atoms with Gasteiger partial charge in [-0.25, -0.2) is 0 Å². The molecule has 0 heterocycles. The summed E-state index contributed by atoms with van der Waals surface area (Å²) in [6.07, 6.45) is 0. The minimum absolute atomic E-state index is 0.136. The smallest absolute Gasteiger partial charge is 0.275 e. The van der Waals surface area contributed by atoms with Crippen LogP contribution in [-0.2, 0) is 9.59 Å². The fraction of sp³-hybridized carbons (Fsp3) is 0.429. The predicted molar refractivity (Wildman–Crippen MR) is 49.6 cm³/mol. The summed E-state index contributed by atoms with van der Waals surface area (Å²) in [6, 6.07) is 0. The van der Waals surface area contributed by atoms with Gasteiger partial charge in [-0.15, -0.1) is 6.58 Å². The van der Waals surface area contributed by atoms with E-state index in [4.69, 9.17) is 0 Å². The molecule has 0 aromatic heterocycles. The molecule has 2 N–H and O–H groups in total. The molecule has 0 atom stereocenters. The number of nitrogens with one attached hydrogen (secondary N) is 2. The van der Waals surface area contributed by atoms with Crippen molar-refractivity contribution < 1.29 is 9.59 Å².